The second-order valence-electron chi connectivity index (χ2n) is 3.55. The average Bonchev–Trinajstić information content (AvgIpc) is 2.07. The number of aromatic nitrogens is 2. The van der Waals surface area contributed by atoms with E-state index in [9.17, 15) is 4.79 Å². The molecule has 0 saturated heterocycles. The van der Waals surface area contributed by atoms with Crippen molar-refractivity contribution in [2.24, 2.45) is 5.92 Å². The van der Waals surface area contributed by atoms with Gasteiger partial charge in [-0.3, -0.25) is 4.79 Å². The number of carboxylic acid groups (broad SMARTS) is 1. The van der Waals surface area contributed by atoms with E-state index in [4.69, 9.17) is 5.11 Å². The van der Waals surface area contributed by atoms with Crippen LogP contribution in [0.15, 0.2) is 12.4 Å². The minimum atomic E-state index is -0.759. The molecule has 0 spiro atoms. The van der Waals surface area contributed by atoms with Gasteiger partial charge in [-0.1, -0.05) is 6.92 Å². The van der Waals surface area contributed by atoms with Crippen LogP contribution in [0.1, 0.15) is 24.7 Å². The zero-order valence-electron chi connectivity index (χ0n) is 8.40. The maximum atomic E-state index is 10.4. The molecule has 1 heterocycles. The van der Waals surface area contributed by atoms with Crippen molar-refractivity contribution in [1.82, 2.24) is 9.97 Å². The molecule has 1 unspecified atom stereocenters. The highest BCUT2D eigenvalue weighted by Gasteiger charge is 2.08. The van der Waals surface area contributed by atoms with E-state index in [1.54, 1.807) is 12.4 Å². The third-order valence-electron chi connectivity index (χ3n) is 1.94. The Kier molecular flexibility index (Phi) is 3.56. The normalized spacial score (nSPS) is 12.4. The van der Waals surface area contributed by atoms with Crippen LogP contribution >= 0.6 is 0 Å². The lowest BCUT2D eigenvalue weighted by Gasteiger charge is -2.07. The topological polar surface area (TPSA) is 63.1 Å². The van der Waals surface area contributed by atoms with Crippen molar-refractivity contribution >= 4 is 5.97 Å². The summed E-state index contributed by atoms with van der Waals surface area (Å²) < 4.78 is 0. The highest BCUT2D eigenvalue weighted by Crippen LogP contribution is 2.10. The predicted molar refractivity (Wildman–Crippen MR) is 51.9 cm³/mol. The SMILES string of the molecule is Cc1ncc(CC(C)CC(=O)O)cn1. The van der Waals surface area contributed by atoms with Crippen molar-refractivity contribution in [3.8, 4) is 0 Å². The first-order valence-electron chi connectivity index (χ1n) is 4.57. The third-order valence-corrected chi connectivity index (χ3v) is 1.94. The van der Waals surface area contributed by atoms with Gasteiger partial charge in [0.1, 0.15) is 5.82 Å². The van der Waals surface area contributed by atoms with Crippen molar-refractivity contribution in [3.05, 3.63) is 23.8 Å². The zero-order valence-corrected chi connectivity index (χ0v) is 8.40. The van der Waals surface area contributed by atoms with Gasteiger partial charge in [-0.15, -0.1) is 0 Å². The van der Waals surface area contributed by atoms with Crippen LogP contribution in [0.3, 0.4) is 0 Å². The Morgan fingerprint density at radius 2 is 2.07 bits per heavy atom. The molecule has 0 saturated carbocycles. The highest BCUT2D eigenvalue weighted by molar-refractivity contribution is 5.66. The molecule has 4 heteroatoms. The maximum absolute atomic E-state index is 10.4. The molecule has 1 aromatic heterocycles. The van der Waals surface area contributed by atoms with Crippen LogP contribution in [0, 0.1) is 12.8 Å². The van der Waals surface area contributed by atoms with Gasteiger partial charge in [0.2, 0.25) is 0 Å². The maximum Gasteiger partial charge on any atom is 0.303 e. The van der Waals surface area contributed by atoms with Crippen LogP contribution in [-0.4, -0.2) is 21.0 Å². The Morgan fingerprint density at radius 1 is 1.50 bits per heavy atom. The molecule has 76 valence electrons. The Morgan fingerprint density at radius 3 is 2.57 bits per heavy atom. The average molecular weight is 194 g/mol. The van der Waals surface area contributed by atoms with Gasteiger partial charge in [0.05, 0.1) is 0 Å². The minimum Gasteiger partial charge on any atom is -0.481 e. The van der Waals surface area contributed by atoms with E-state index >= 15 is 0 Å². The molecule has 1 rings (SSSR count). The summed E-state index contributed by atoms with van der Waals surface area (Å²) in [6.07, 6.45) is 4.40. The smallest absolute Gasteiger partial charge is 0.303 e. The number of carboxylic acids is 1. The fourth-order valence-electron chi connectivity index (χ4n) is 1.30. The fourth-order valence-corrected chi connectivity index (χ4v) is 1.30. The molecular weight excluding hydrogens is 180 g/mol. The molecular formula is C10H14N2O2. The summed E-state index contributed by atoms with van der Waals surface area (Å²) in [4.78, 5) is 18.5. The molecule has 0 radical (unpaired) electrons. The van der Waals surface area contributed by atoms with Crippen LogP contribution < -0.4 is 0 Å². The molecule has 0 fully saturated rings. The van der Waals surface area contributed by atoms with Crippen LogP contribution in [-0.2, 0) is 11.2 Å². The lowest BCUT2D eigenvalue weighted by molar-refractivity contribution is -0.137. The molecule has 1 N–H and O–H groups in total. The minimum absolute atomic E-state index is 0.124. The van der Waals surface area contributed by atoms with Gasteiger partial charge in [0.15, 0.2) is 0 Å². The summed E-state index contributed by atoms with van der Waals surface area (Å²) in [5.41, 5.74) is 0.990. The molecule has 1 atom stereocenters. The number of carbonyl (C=O) groups is 1. The van der Waals surface area contributed by atoms with Gasteiger partial charge in [-0.25, -0.2) is 9.97 Å². The van der Waals surface area contributed by atoms with Crippen molar-refractivity contribution < 1.29 is 9.90 Å². The number of hydrogen-bond acceptors (Lipinski definition) is 3. The van der Waals surface area contributed by atoms with Crippen molar-refractivity contribution in [2.45, 2.75) is 26.7 Å². The summed E-state index contributed by atoms with van der Waals surface area (Å²) in [5.74, 6) is 0.101. The van der Waals surface area contributed by atoms with Gasteiger partial charge >= 0.3 is 5.97 Å². The molecule has 0 bridgehead atoms. The second kappa shape index (κ2) is 4.69. The molecule has 14 heavy (non-hydrogen) atoms. The van der Waals surface area contributed by atoms with Gasteiger partial charge < -0.3 is 5.11 Å². The van der Waals surface area contributed by atoms with E-state index in [0.717, 1.165) is 11.4 Å². The number of hydrogen-bond donors (Lipinski definition) is 1. The molecule has 1 aromatic rings. The Balaban J connectivity index is 2.51. The number of rotatable bonds is 4. The predicted octanol–water partition coefficient (Wildman–Crippen LogP) is 1.44. The van der Waals surface area contributed by atoms with E-state index < -0.39 is 5.97 Å². The Hall–Kier alpha value is -1.45. The number of aryl methyl sites for hydroxylation is 1. The molecule has 0 aliphatic carbocycles. The van der Waals surface area contributed by atoms with Gasteiger partial charge in [-0.2, -0.15) is 0 Å². The molecule has 0 aliphatic heterocycles. The number of aliphatic carboxylic acids is 1. The molecule has 0 aliphatic rings. The van der Waals surface area contributed by atoms with E-state index in [1.165, 1.54) is 0 Å². The van der Waals surface area contributed by atoms with Crippen LogP contribution in [0.4, 0.5) is 0 Å². The molecule has 0 amide bonds. The lowest BCUT2D eigenvalue weighted by atomic mass is 10.0. The van der Waals surface area contributed by atoms with E-state index in [1.807, 2.05) is 13.8 Å². The van der Waals surface area contributed by atoms with E-state index in [-0.39, 0.29) is 12.3 Å². The summed E-state index contributed by atoms with van der Waals surface area (Å²) in [6, 6.07) is 0. The summed E-state index contributed by atoms with van der Waals surface area (Å²) >= 11 is 0. The second-order valence-corrected chi connectivity index (χ2v) is 3.55. The van der Waals surface area contributed by atoms with Gasteiger partial charge in [0, 0.05) is 18.8 Å². The lowest BCUT2D eigenvalue weighted by Crippen LogP contribution is -2.07. The summed E-state index contributed by atoms with van der Waals surface area (Å²) in [6.45, 7) is 3.73. The zero-order chi connectivity index (χ0) is 10.6. The van der Waals surface area contributed by atoms with E-state index in [2.05, 4.69) is 9.97 Å². The summed E-state index contributed by atoms with van der Waals surface area (Å²) in [7, 11) is 0. The first-order valence-corrected chi connectivity index (χ1v) is 4.57. The fraction of sp³-hybridized carbons (Fsp3) is 0.500. The van der Waals surface area contributed by atoms with Gasteiger partial charge in [-0.05, 0) is 24.8 Å². The van der Waals surface area contributed by atoms with E-state index in [0.29, 0.717) is 6.42 Å². The van der Waals surface area contributed by atoms with Crippen LogP contribution in [0.5, 0.6) is 0 Å². The van der Waals surface area contributed by atoms with Crippen molar-refractivity contribution in [1.29, 1.82) is 0 Å². The third kappa shape index (κ3) is 3.51. The summed E-state index contributed by atoms with van der Waals surface area (Å²) in [5, 5.41) is 8.57. The first-order chi connectivity index (χ1) is 6.58. The highest BCUT2D eigenvalue weighted by atomic mass is 16.4. The van der Waals surface area contributed by atoms with Crippen molar-refractivity contribution in [3.63, 3.8) is 0 Å². The molecule has 4 nitrogen and oxygen atoms in total. The van der Waals surface area contributed by atoms with Gasteiger partial charge in [0.25, 0.3) is 0 Å². The first kappa shape index (κ1) is 10.6. The van der Waals surface area contributed by atoms with Crippen LogP contribution in [0.25, 0.3) is 0 Å². The molecule has 0 aromatic carbocycles. The quantitative estimate of drug-likeness (QED) is 0.787. The van der Waals surface area contributed by atoms with Crippen LogP contribution in [0.2, 0.25) is 0 Å². The number of nitrogens with zero attached hydrogens (tertiary/aromatic N) is 2. The van der Waals surface area contributed by atoms with Crippen molar-refractivity contribution in [2.75, 3.05) is 0 Å². The standard InChI is InChI=1S/C10H14N2O2/c1-7(4-10(13)14)3-9-5-11-8(2)12-6-9/h5-7H,3-4H2,1-2H3,(H,13,14). The monoisotopic (exact) mass is 194 g/mol. The Labute approximate surface area is 83.0 Å². The Bertz CT molecular complexity index is 308. The largest absolute Gasteiger partial charge is 0.481 e.